The Morgan fingerprint density at radius 1 is 1.35 bits per heavy atom. The van der Waals surface area contributed by atoms with Gasteiger partial charge in [0.1, 0.15) is 0 Å². The molecule has 7 nitrogen and oxygen atoms in total. The number of benzene rings is 1. The maximum absolute atomic E-state index is 12.2. The molecule has 1 aliphatic rings. The van der Waals surface area contributed by atoms with Gasteiger partial charge >= 0.3 is 6.09 Å². The molecule has 3 rings (SSSR count). The molecule has 0 bridgehead atoms. The fourth-order valence-electron chi connectivity index (χ4n) is 3.46. The average Bonchev–Trinajstić information content (AvgIpc) is 3.07. The quantitative estimate of drug-likeness (QED) is 0.882. The molecule has 2 amide bonds. The van der Waals surface area contributed by atoms with Crippen LogP contribution in [0.15, 0.2) is 30.5 Å². The van der Waals surface area contributed by atoms with E-state index in [-0.39, 0.29) is 24.1 Å². The topological polar surface area (TPSA) is 87.3 Å². The number of ether oxygens (including phenoxy) is 1. The zero-order chi connectivity index (χ0) is 18.8. The third-order valence-electron chi connectivity index (χ3n) is 4.47. The number of nitrogens with zero attached hydrogens (tertiary/aromatic N) is 2. The van der Waals surface area contributed by atoms with E-state index >= 15 is 0 Å². The third-order valence-corrected chi connectivity index (χ3v) is 4.47. The second-order valence-electron chi connectivity index (χ2n) is 6.87. The molecule has 1 aromatic heterocycles. The third kappa shape index (κ3) is 3.56. The summed E-state index contributed by atoms with van der Waals surface area (Å²) in [5.74, 6) is -0.0174. The normalized spacial score (nSPS) is 19.2. The van der Waals surface area contributed by atoms with E-state index in [1.807, 2.05) is 45.0 Å². The number of rotatable bonds is 3. The van der Waals surface area contributed by atoms with Crippen molar-refractivity contribution in [3.8, 4) is 11.3 Å². The van der Waals surface area contributed by atoms with Crippen LogP contribution < -0.4 is 10.2 Å². The first-order valence-electron chi connectivity index (χ1n) is 8.77. The predicted molar refractivity (Wildman–Crippen MR) is 98.8 cm³/mol. The first kappa shape index (κ1) is 18.0. The van der Waals surface area contributed by atoms with Crippen molar-refractivity contribution in [2.45, 2.75) is 52.3 Å². The van der Waals surface area contributed by atoms with Crippen LogP contribution in [0.5, 0.6) is 0 Å². The van der Waals surface area contributed by atoms with Crippen LogP contribution in [-0.2, 0) is 9.53 Å². The van der Waals surface area contributed by atoms with Gasteiger partial charge in [-0.2, -0.15) is 5.10 Å². The predicted octanol–water partition coefficient (Wildman–Crippen LogP) is 3.40. The molecule has 2 heterocycles. The summed E-state index contributed by atoms with van der Waals surface area (Å²) in [5.41, 5.74) is 3.54. The van der Waals surface area contributed by atoms with Crippen LogP contribution in [0.4, 0.5) is 10.5 Å². The highest BCUT2D eigenvalue weighted by atomic mass is 16.6. The number of carbonyl (C=O) groups is 2. The largest absolute Gasteiger partial charge is 0.447 e. The van der Waals surface area contributed by atoms with E-state index in [0.717, 1.165) is 22.5 Å². The Balaban J connectivity index is 2.00. The zero-order valence-corrected chi connectivity index (χ0v) is 15.4. The minimum absolute atomic E-state index is 0.0174. The Kier molecular flexibility index (Phi) is 4.97. The van der Waals surface area contributed by atoms with Gasteiger partial charge in [-0.05, 0) is 51.0 Å². The molecule has 0 unspecified atom stereocenters. The fourth-order valence-corrected chi connectivity index (χ4v) is 3.46. The van der Waals surface area contributed by atoms with E-state index in [4.69, 9.17) is 4.74 Å². The number of alkyl carbamates (subject to hydrolysis) is 1. The second-order valence-corrected chi connectivity index (χ2v) is 6.87. The van der Waals surface area contributed by atoms with Gasteiger partial charge in [0.15, 0.2) is 0 Å². The van der Waals surface area contributed by atoms with Crippen LogP contribution in [0.25, 0.3) is 11.3 Å². The SMILES string of the molecule is CC(=O)N1c2ccc(-c3ccn[nH]3)cc2[C@H](NC(=O)OC(C)C)C[C@@H]1C. The number of hydrogen-bond donors (Lipinski definition) is 2. The molecular weight excluding hydrogens is 332 g/mol. The number of aromatic amines is 1. The van der Waals surface area contributed by atoms with Crippen molar-refractivity contribution in [2.75, 3.05) is 4.90 Å². The van der Waals surface area contributed by atoms with Crippen LogP contribution in [0.1, 0.15) is 45.7 Å². The van der Waals surface area contributed by atoms with E-state index in [1.54, 1.807) is 18.0 Å². The van der Waals surface area contributed by atoms with Gasteiger partial charge in [0, 0.05) is 30.4 Å². The molecule has 0 fully saturated rings. The van der Waals surface area contributed by atoms with Crippen molar-refractivity contribution < 1.29 is 14.3 Å². The van der Waals surface area contributed by atoms with Crippen LogP contribution in [0, 0.1) is 0 Å². The smallest absolute Gasteiger partial charge is 0.407 e. The minimum Gasteiger partial charge on any atom is -0.447 e. The molecule has 26 heavy (non-hydrogen) atoms. The van der Waals surface area contributed by atoms with Crippen molar-refractivity contribution in [3.05, 3.63) is 36.0 Å². The highest BCUT2D eigenvalue weighted by molar-refractivity contribution is 5.94. The van der Waals surface area contributed by atoms with Crippen molar-refractivity contribution in [2.24, 2.45) is 0 Å². The van der Waals surface area contributed by atoms with Gasteiger partial charge < -0.3 is 15.0 Å². The Morgan fingerprint density at radius 3 is 2.73 bits per heavy atom. The highest BCUT2D eigenvalue weighted by Crippen LogP contribution is 2.39. The highest BCUT2D eigenvalue weighted by Gasteiger charge is 2.33. The van der Waals surface area contributed by atoms with E-state index < -0.39 is 6.09 Å². The standard InChI is InChI=1S/C19H24N4O3/c1-11(2)26-19(25)21-17-9-12(3)23(13(4)24)18-6-5-14(10-15(17)18)16-7-8-20-22-16/h5-8,10-12,17H,9H2,1-4H3,(H,20,22)(H,21,25)/t12-,17+/m0/s1. The number of H-pyrrole nitrogens is 1. The molecule has 0 aliphatic carbocycles. The molecule has 2 atom stereocenters. The maximum Gasteiger partial charge on any atom is 0.407 e. The lowest BCUT2D eigenvalue weighted by atomic mass is 9.90. The molecule has 138 valence electrons. The Morgan fingerprint density at radius 2 is 2.12 bits per heavy atom. The van der Waals surface area contributed by atoms with Gasteiger partial charge in [-0.3, -0.25) is 9.89 Å². The summed E-state index contributed by atoms with van der Waals surface area (Å²) in [7, 11) is 0. The zero-order valence-electron chi connectivity index (χ0n) is 15.4. The Labute approximate surface area is 152 Å². The van der Waals surface area contributed by atoms with Crippen LogP contribution in [0.2, 0.25) is 0 Å². The number of aromatic nitrogens is 2. The molecule has 2 aromatic rings. The van der Waals surface area contributed by atoms with Crippen molar-refractivity contribution in [3.63, 3.8) is 0 Å². The van der Waals surface area contributed by atoms with Crippen molar-refractivity contribution >= 4 is 17.7 Å². The van der Waals surface area contributed by atoms with Gasteiger partial charge in [0.05, 0.1) is 17.8 Å². The summed E-state index contributed by atoms with van der Waals surface area (Å²) in [6.45, 7) is 7.16. The number of nitrogens with one attached hydrogen (secondary N) is 2. The van der Waals surface area contributed by atoms with E-state index in [0.29, 0.717) is 6.42 Å². The maximum atomic E-state index is 12.2. The molecule has 0 saturated carbocycles. The summed E-state index contributed by atoms with van der Waals surface area (Å²) in [4.78, 5) is 26.1. The van der Waals surface area contributed by atoms with Gasteiger partial charge in [-0.15, -0.1) is 0 Å². The van der Waals surface area contributed by atoms with Gasteiger partial charge in [0.25, 0.3) is 0 Å². The molecule has 1 aromatic carbocycles. The Hall–Kier alpha value is -2.83. The number of carbonyl (C=O) groups excluding carboxylic acids is 2. The molecule has 1 aliphatic heterocycles. The fraction of sp³-hybridized carbons (Fsp3) is 0.421. The Bertz CT molecular complexity index is 801. The lowest BCUT2D eigenvalue weighted by Gasteiger charge is -2.39. The van der Waals surface area contributed by atoms with Crippen LogP contribution >= 0.6 is 0 Å². The lowest BCUT2D eigenvalue weighted by Crippen LogP contribution is -2.45. The molecule has 0 spiro atoms. The minimum atomic E-state index is -0.452. The van der Waals surface area contributed by atoms with E-state index in [1.165, 1.54) is 0 Å². The van der Waals surface area contributed by atoms with Crippen molar-refractivity contribution in [1.82, 2.24) is 15.5 Å². The molecule has 0 radical (unpaired) electrons. The van der Waals surface area contributed by atoms with Gasteiger partial charge in [-0.1, -0.05) is 6.07 Å². The summed E-state index contributed by atoms with van der Waals surface area (Å²) < 4.78 is 5.23. The van der Waals surface area contributed by atoms with Gasteiger partial charge in [0.2, 0.25) is 5.91 Å². The first-order valence-corrected chi connectivity index (χ1v) is 8.77. The molecule has 7 heteroatoms. The van der Waals surface area contributed by atoms with Crippen LogP contribution in [-0.4, -0.2) is 34.3 Å². The first-order chi connectivity index (χ1) is 12.4. The summed E-state index contributed by atoms with van der Waals surface area (Å²) in [6, 6.07) is 7.48. The van der Waals surface area contributed by atoms with E-state index in [9.17, 15) is 9.59 Å². The van der Waals surface area contributed by atoms with Gasteiger partial charge in [-0.25, -0.2) is 4.79 Å². The molecule has 2 N–H and O–H groups in total. The molecule has 0 saturated heterocycles. The average molecular weight is 356 g/mol. The molecular formula is C19H24N4O3. The number of fused-ring (bicyclic) bond motifs is 1. The summed E-state index contributed by atoms with van der Waals surface area (Å²) in [5, 5.41) is 9.87. The number of hydrogen-bond acceptors (Lipinski definition) is 4. The monoisotopic (exact) mass is 356 g/mol. The second kappa shape index (κ2) is 7.19. The summed E-state index contributed by atoms with van der Waals surface area (Å²) >= 11 is 0. The number of amides is 2. The summed E-state index contributed by atoms with van der Waals surface area (Å²) in [6.07, 6.45) is 1.66. The lowest BCUT2D eigenvalue weighted by molar-refractivity contribution is -0.117. The van der Waals surface area contributed by atoms with Crippen LogP contribution in [0.3, 0.4) is 0 Å². The number of anilines is 1. The van der Waals surface area contributed by atoms with E-state index in [2.05, 4.69) is 15.5 Å². The van der Waals surface area contributed by atoms with Crippen molar-refractivity contribution in [1.29, 1.82) is 0 Å².